The molecule has 4 heteroatoms. The number of benzene rings is 1. The first-order chi connectivity index (χ1) is 8.16. The molecule has 2 rings (SSSR count). The third kappa shape index (κ3) is 2.78. The second kappa shape index (κ2) is 4.91. The lowest BCUT2D eigenvalue weighted by Crippen LogP contribution is -1.99. The van der Waals surface area contributed by atoms with Gasteiger partial charge in [-0.2, -0.15) is 0 Å². The van der Waals surface area contributed by atoms with Crippen molar-refractivity contribution in [3.63, 3.8) is 0 Å². The Bertz CT molecular complexity index is 529. The van der Waals surface area contributed by atoms with E-state index in [1.54, 1.807) is 18.3 Å². The summed E-state index contributed by atoms with van der Waals surface area (Å²) in [7, 11) is 0. The van der Waals surface area contributed by atoms with Crippen LogP contribution in [0.3, 0.4) is 0 Å². The number of aromatic nitrogens is 1. The van der Waals surface area contributed by atoms with E-state index in [1.807, 2.05) is 6.92 Å². The molecule has 0 aliphatic rings. The van der Waals surface area contributed by atoms with Gasteiger partial charge in [-0.25, -0.2) is 8.78 Å². The molecule has 0 N–H and O–H groups in total. The minimum Gasteiger partial charge on any atom is -0.487 e. The molecule has 0 fully saturated rings. The molecule has 0 atom stereocenters. The summed E-state index contributed by atoms with van der Waals surface area (Å²) in [6.07, 6.45) is 1.67. The summed E-state index contributed by atoms with van der Waals surface area (Å²) in [6, 6.07) is 7.24. The van der Waals surface area contributed by atoms with Gasteiger partial charge in [0.2, 0.25) is 0 Å². The molecule has 2 nitrogen and oxygen atoms in total. The van der Waals surface area contributed by atoms with Crippen molar-refractivity contribution in [2.24, 2.45) is 0 Å². The van der Waals surface area contributed by atoms with E-state index in [0.29, 0.717) is 11.3 Å². The summed E-state index contributed by atoms with van der Waals surface area (Å²) < 4.78 is 31.1. The van der Waals surface area contributed by atoms with Crippen molar-refractivity contribution < 1.29 is 13.5 Å². The molecule has 0 radical (unpaired) electrons. The maximum absolute atomic E-state index is 12.9. The van der Waals surface area contributed by atoms with Gasteiger partial charge in [-0.3, -0.25) is 4.98 Å². The van der Waals surface area contributed by atoms with E-state index in [2.05, 4.69) is 4.98 Å². The Morgan fingerprint density at radius 3 is 2.71 bits per heavy atom. The number of aryl methyl sites for hydroxylation is 1. The molecule has 0 bridgehead atoms. The number of rotatable bonds is 3. The van der Waals surface area contributed by atoms with Crippen LogP contribution in [0.15, 0.2) is 36.5 Å². The molecule has 1 aromatic heterocycles. The predicted molar refractivity (Wildman–Crippen MR) is 59.7 cm³/mol. The fraction of sp³-hybridized carbons (Fsp3) is 0.154. The Labute approximate surface area is 97.9 Å². The smallest absolute Gasteiger partial charge is 0.159 e. The van der Waals surface area contributed by atoms with Gasteiger partial charge >= 0.3 is 0 Å². The molecule has 0 spiro atoms. The fourth-order valence-corrected chi connectivity index (χ4v) is 1.41. The first kappa shape index (κ1) is 11.5. The largest absolute Gasteiger partial charge is 0.487 e. The zero-order valence-electron chi connectivity index (χ0n) is 9.28. The van der Waals surface area contributed by atoms with Crippen molar-refractivity contribution >= 4 is 0 Å². The summed E-state index contributed by atoms with van der Waals surface area (Å²) in [6.45, 7) is 2.00. The third-order valence-corrected chi connectivity index (χ3v) is 2.34. The zero-order chi connectivity index (χ0) is 12.3. The van der Waals surface area contributed by atoms with Gasteiger partial charge in [-0.15, -0.1) is 0 Å². The number of hydrogen-bond donors (Lipinski definition) is 0. The van der Waals surface area contributed by atoms with E-state index in [-0.39, 0.29) is 6.61 Å². The van der Waals surface area contributed by atoms with Crippen LogP contribution in [0.25, 0.3) is 0 Å². The Morgan fingerprint density at radius 1 is 1.18 bits per heavy atom. The van der Waals surface area contributed by atoms with E-state index in [1.165, 1.54) is 6.07 Å². The minimum absolute atomic E-state index is 0.184. The van der Waals surface area contributed by atoms with Crippen LogP contribution in [0.1, 0.15) is 11.3 Å². The van der Waals surface area contributed by atoms with Gasteiger partial charge in [0.25, 0.3) is 0 Å². The summed E-state index contributed by atoms with van der Waals surface area (Å²) in [4.78, 5) is 4.06. The molecular formula is C13H11F2NO. The van der Waals surface area contributed by atoms with E-state index < -0.39 is 11.6 Å². The molecular weight excluding hydrogens is 224 g/mol. The lowest BCUT2D eigenvalue weighted by molar-refractivity contribution is 0.301. The monoisotopic (exact) mass is 235 g/mol. The minimum atomic E-state index is -0.867. The van der Waals surface area contributed by atoms with Crippen LogP contribution >= 0.6 is 0 Å². The molecule has 1 aromatic carbocycles. The van der Waals surface area contributed by atoms with Crippen molar-refractivity contribution in [3.05, 3.63) is 59.4 Å². The zero-order valence-corrected chi connectivity index (χ0v) is 9.28. The lowest BCUT2D eigenvalue weighted by Gasteiger charge is -2.08. The molecule has 0 unspecified atom stereocenters. The Morgan fingerprint density at radius 2 is 2.00 bits per heavy atom. The molecule has 0 amide bonds. The van der Waals surface area contributed by atoms with Gasteiger partial charge in [-0.05, 0) is 36.8 Å². The van der Waals surface area contributed by atoms with Crippen LogP contribution in [0.5, 0.6) is 5.75 Å². The molecule has 17 heavy (non-hydrogen) atoms. The summed E-state index contributed by atoms with van der Waals surface area (Å²) in [5.41, 5.74) is 1.34. The Hall–Kier alpha value is -1.97. The van der Waals surface area contributed by atoms with Crippen LogP contribution in [-0.4, -0.2) is 4.98 Å². The SMILES string of the molecule is Cc1ncccc1OCc1ccc(F)c(F)c1. The van der Waals surface area contributed by atoms with Crippen molar-refractivity contribution in [2.75, 3.05) is 0 Å². The molecule has 1 heterocycles. The van der Waals surface area contributed by atoms with E-state index in [4.69, 9.17) is 4.74 Å². The fourth-order valence-electron chi connectivity index (χ4n) is 1.41. The van der Waals surface area contributed by atoms with Crippen molar-refractivity contribution in [1.82, 2.24) is 4.98 Å². The second-order valence-corrected chi connectivity index (χ2v) is 3.62. The van der Waals surface area contributed by atoms with E-state index in [0.717, 1.165) is 17.8 Å². The average Bonchev–Trinajstić information content (AvgIpc) is 2.32. The van der Waals surface area contributed by atoms with Crippen LogP contribution in [0.4, 0.5) is 8.78 Å². The van der Waals surface area contributed by atoms with Gasteiger partial charge in [0.05, 0.1) is 5.69 Å². The maximum Gasteiger partial charge on any atom is 0.159 e. The number of pyridine rings is 1. The number of halogens is 2. The number of hydrogen-bond acceptors (Lipinski definition) is 2. The average molecular weight is 235 g/mol. The highest BCUT2D eigenvalue weighted by Crippen LogP contribution is 2.16. The topological polar surface area (TPSA) is 22.1 Å². The number of ether oxygens (including phenoxy) is 1. The Balaban J connectivity index is 2.08. The third-order valence-electron chi connectivity index (χ3n) is 2.34. The normalized spacial score (nSPS) is 10.3. The first-order valence-electron chi connectivity index (χ1n) is 5.15. The van der Waals surface area contributed by atoms with Crippen LogP contribution in [0.2, 0.25) is 0 Å². The molecule has 0 saturated carbocycles. The summed E-state index contributed by atoms with van der Waals surface area (Å²) >= 11 is 0. The summed E-state index contributed by atoms with van der Waals surface area (Å²) in [5.74, 6) is -1.09. The molecule has 2 aromatic rings. The highest BCUT2D eigenvalue weighted by atomic mass is 19.2. The molecule has 0 saturated heterocycles. The van der Waals surface area contributed by atoms with Crippen LogP contribution < -0.4 is 4.74 Å². The molecule has 88 valence electrons. The summed E-state index contributed by atoms with van der Waals surface area (Å²) in [5, 5.41) is 0. The van der Waals surface area contributed by atoms with Crippen LogP contribution in [0, 0.1) is 18.6 Å². The predicted octanol–water partition coefficient (Wildman–Crippen LogP) is 3.25. The van der Waals surface area contributed by atoms with Crippen molar-refractivity contribution in [3.8, 4) is 5.75 Å². The van der Waals surface area contributed by atoms with Crippen molar-refractivity contribution in [1.29, 1.82) is 0 Å². The Kier molecular flexibility index (Phi) is 3.32. The lowest BCUT2D eigenvalue weighted by atomic mass is 10.2. The maximum atomic E-state index is 12.9. The van der Waals surface area contributed by atoms with Gasteiger partial charge in [-0.1, -0.05) is 6.07 Å². The molecule has 0 aliphatic carbocycles. The first-order valence-corrected chi connectivity index (χ1v) is 5.15. The van der Waals surface area contributed by atoms with E-state index in [9.17, 15) is 8.78 Å². The number of nitrogens with zero attached hydrogens (tertiary/aromatic N) is 1. The van der Waals surface area contributed by atoms with E-state index >= 15 is 0 Å². The van der Waals surface area contributed by atoms with Gasteiger partial charge in [0, 0.05) is 6.20 Å². The van der Waals surface area contributed by atoms with Crippen LogP contribution in [-0.2, 0) is 6.61 Å². The van der Waals surface area contributed by atoms with Gasteiger partial charge < -0.3 is 4.74 Å². The van der Waals surface area contributed by atoms with Crippen molar-refractivity contribution in [2.45, 2.75) is 13.5 Å². The standard InChI is InChI=1S/C13H11F2NO/c1-9-13(3-2-6-16-9)17-8-10-4-5-11(14)12(15)7-10/h2-7H,8H2,1H3. The highest BCUT2D eigenvalue weighted by Gasteiger charge is 2.04. The quantitative estimate of drug-likeness (QED) is 0.814. The van der Waals surface area contributed by atoms with Gasteiger partial charge in [0.15, 0.2) is 11.6 Å². The second-order valence-electron chi connectivity index (χ2n) is 3.62. The van der Waals surface area contributed by atoms with Gasteiger partial charge in [0.1, 0.15) is 12.4 Å². The molecule has 0 aliphatic heterocycles. The highest BCUT2D eigenvalue weighted by molar-refractivity contribution is 5.26.